The molecule has 0 aromatic carbocycles. The van der Waals surface area contributed by atoms with E-state index in [1.54, 1.807) is 0 Å². The Kier molecular flexibility index (Phi) is 4.29. The van der Waals surface area contributed by atoms with Crippen LogP contribution in [0.3, 0.4) is 0 Å². The Hall–Kier alpha value is -0.120. The van der Waals surface area contributed by atoms with Crippen molar-refractivity contribution in [2.45, 2.75) is 71.4 Å². The van der Waals surface area contributed by atoms with Crippen molar-refractivity contribution in [3.05, 3.63) is 0 Å². The van der Waals surface area contributed by atoms with Crippen molar-refractivity contribution in [2.75, 3.05) is 19.7 Å². The number of hydrogen-bond donors (Lipinski definition) is 2. The van der Waals surface area contributed by atoms with Crippen LogP contribution < -0.4 is 11.1 Å². The number of rotatable bonds is 4. The Labute approximate surface area is 118 Å². The van der Waals surface area contributed by atoms with Crippen molar-refractivity contribution in [3.63, 3.8) is 0 Å². The minimum Gasteiger partial charge on any atom is -0.377 e. The SMILES string of the molecule is CC1(C)CC(C)(C)CC(CN)(NCC2CCCO2)C1. The van der Waals surface area contributed by atoms with E-state index in [-0.39, 0.29) is 5.54 Å². The minimum absolute atomic E-state index is 0.0944. The third-order valence-electron chi connectivity index (χ3n) is 4.71. The molecule has 2 aliphatic rings. The van der Waals surface area contributed by atoms with Gasteiger partial charge in [0.15, 0.2) is 0 Å². The second-order valence-corrected chi connectivity index (χ2v) is 8.36. The highest BCUT2D eigenvalue weighted by molar-refractivity contribution is 5.03. The third-order valence-corrected chi connectivity index (χ3v) is 4.71. The quantitative estimate of drug-likeness (QED) is 0.824. The molecule has 0 bridgehead atoms. The molecule has 0 spiro atoms. The Morgan fingerprint density at radius 2 is 1.74 bits per heavy atom. The van der Waals surface area contributed by atoms with E-state index < -0.39 is 0 Å². The summed E-state index contributed by atoms with van der Waals surface area (Å²) in [6, 6.07) is 0. The van der Waals surface area contributed by atoms with E-state index in [0.717, 1.165) is 19.7 Å². The zero-order valence-electron chi connectivity index (χ0n) is 13.2. The first-order valence-corrected chi connectivity index (χ1v) is 7.83. The van der Waals surface area contributed by atoms with Gasteiger partial charge in [-0.3, -0.25) is 0 Å². The van der Waals surface area contributed by atoms with Crippen LogP contribution in [0.4, 0.5) is 0 Å². The highest BCUT2D eigenvalue weighted by Crippen LogP contribution is 2.49. The predicted octanol–water partition coefficient (Wildman–Crippen LogP) is 2.69. The van der Waals surface area contributed by atoms with Crippen LogP contribution in [0.5, 0.6) is 0 Å². The van der Waals surface area contributed by atoms with Crippen LogP contribution in [0.25, 0.3) is 0 Å². The molecule has 3 N–H and O–H groups in total. The summed E-state index contributed by atoms with van der Waals surface area (Å²) >= 11 is 0. The highest BCUT2D eigenvalue weighted by Gasteiger charge is 2.46. The molecule has 1 aliphatic heterocycles. The summed E-state index contributed by atoms with van der Waals surface area (Å²) in [5.74, 6) is 0. The fourth-order valence-corrected chi connectivity index (χ4v) is 4.79. The molecule has 1 unspecified atom stereocenters. The fourth-order valence-electron chi connectivity index (χ4n) is 4.79. The number of hydrogen-bond acceptors (Lipinski definition) is 3. The fraction of sp³-hybridized carbons (Fsp3) is 1.00. The molecule has 1 saturated carbocycles. The van der Waals surface area contributed by atoms with Crippen LogP contribution in [-0.2, 0) is 4.74 Å². The number of ether oxygens (including phenoxy) is 1. The Morgan fingerprint density at radius 3 is 2.21 bits per heavy atom. The molecule has 0 aromatic rings. The summed E-state index contributed by atoms with van der Waals surface area (Å²) in [6.07, 6.45) is 6.43. The van der Waals surface area contributed by atoms with Gasteiger partial charge in [0.2, 0.25) is 0 Å². The predicted molar refractivity (Wildman–Crippen MR) is 80.2 cm³/mol. The van der Waals surface area contributed by atoms with Crippen molar-refractivity contribution in [3.8, 4) is 0 Å². The molecule has 112 valence electrons. The Bertz CT molecular complexity index is 290. The molecule has 3 heteroatoms. The van der Waals surface area contributed by atoms with Gasteiger partial charge >= 0.3 is 0 Å². The average molecular weight is 268 g/mol. The first kappa shape index (κ1) is 15.3. The zero-order valence-corrected chi connectivity index (χ0v) is 13.2. The minimum atomic E-state index is 0.0944. The van der Waals surface area contributed by atoms with E-state index in [0.29, 0.717) is 16.9 Å². The van der Waals surface area contributed by atoms with E-state index >= 15 is 0 Å². The molecule has 1 atom stereocenters. The molecule has 0 amide bonds. The summed E-state index contributed by atoms with van der Waals surface area (Å²) in [6.45, 7) is 12.1. The summed E-state index contributed by atoms with van der Waals surface area (Å²) in [5.41, 5.74) is 6.99. The monoisotopic (exact) mass is 268 g/mol. The molecule has 1 saturated heterocycles. The third kappa shape index (κ3) is 3.93. The molecule has 2 fully saturated rings. The lowest BCUT2D eigenvalue weighted by Gasteiger charge is -2.52. The van der Waals surface area contributed by atoms with Gasteiger partial charge in [-0.15, -0.1) is 0 Å². The van der Waals surface area contributed by atoms with Gasteiger partial charge in [0.1, 0.15) is 0 Å². The largest absolute Gasteiger partial charge is 0.377 e. The summed E-state index contributed by atoms with van der Waals surface area (Å²) < 4.78 is 5.73. The maximum Gasteiger partial charge on any atom is 0.0700 e. The van der Waals surface area contributed by atoms with Gasteiger partial charge in [-0.05, 0) is 42.9 Å². The van der Waals surface area contributed by atoms with Crippen molar-refractivity contribution in [1.29, 1.82) is 0 Å². The molecule has 2 rings (SSSR count). The maximum atomic E-state index is 6.16. The topological polar surface area (TPSA) is 47.3 Å². The van der Waals surface area contributed by atoms with E-state index in [1.807, 2.05) is 0 Å². The molecular formula is C16H32N2O. The molecule has 1 heterocycles. The van der Waals surface area contributed by atoms with Crippen LogP contribution in [0.15, 0.2) is 0 Å². The first-order chi connectivity index (χ1) is 8.76. The molecular weight excluding hydrogens is 236 g/mol. The van der Waals surface area contributed by atoms with E-state index in [4.69, 9.17) is 10.5 Å². The zero-order chi connectivity index (χ0) is 14.1. The molecule has 3 nitrogen and oxygen atoms in total. The van der Waals surface area contributed by atoms with Crippen LogP contribution in [0.1, 0.15) is 59.8 Å². The molecule has 19 heavy (non-hydrogen) atoms. The van der Waals surface area contributed by atoms with Crippen molar-refractivity contribution < 1.29 is 4.74 Å². The second-order valence-electron chi connectivity index (χ2n) is 8.36. The second kappa shape index (κ2) is 5.34. The van der Waals surface area contributed by atoms with Crippen LogP contribution >= 0.6 is 0 Å². The summed E-state index contributed by atoms with van der Waals surface area (Å²) in [7, 11) is 0. The Balaban J connectivity index is 2.02. The maximum absolute atomic E-state index is 6.16. The van der Waals surface area contributed by atoms with Gasteiger partial charge in [0.25, 0.3) is 0 Å². The van der Waals surface area contributed by atoms with E-state index in [1.165, 1.54) is 32.1 Å². The average Bonchev–Trinajstić information content (AvgIpc) is 2.75. The summed E-state index contributed by atoms with van der Waals surface area (Å²) in [4.78, 5) is 0. The van der Waals surface area contributed by atoms with Gasteiger partial charge < -0.3 is 15.8 Å². The van der Waals surface area contributed by atoms with Gasteiger partial charge in [0, 0.05) is 25.2 Å². The highest BCUT2D eigenvalue weighted by atomic mass is 16.5. The lowest BCUT2D eigenvalue weighted by molar-refractivity contribution is 0.0214. The van der Waals surface area contributed by atoms with Gasteiger partial charge in [-0.2, -0.15) is 0 Å². The molecule has 1 aliphatic carbocycles. The molecule has 0 radical (unpaired) electrons. The van der Waals surface area contributed by atoms with Crippen molar-refractivity contribution in [1.82, 2.24) is 5.32 Å². The first-order valence-electron chi connectivity index (χ1n) is 7.83. The van der Waals surface area contributed by atoms with Crippen molar-refractivity contribution >= 4 is 0 Å². The Morgan fingerprint density at radius 1 is 1.11 bits per heavy atom. The standard InChI is InChI=1S/C16H32N2O/c1-14(2)9-15(3,4)11-16(10-14,12-17)18-8-13-6-5-7-19-13/h13,18H,5-12,17H2,1-4H3. The van der Waals surface area contributed by atoms with E-state index in [2.05, 4.69) is 33.0 Å². The van der Waals surface area contributed by atoms with Gasteiger partial charge in [0.05, 0.1) is 6.10 Å². The van der Waals surface area contributed by atoms with Gasteiger partial charge in [-0.1, -0.05) is 27.7 Å². The lowest BCUT2D eigenvalue weighted by Crippen LogP contribution is -2.60. The van der Waals surface area contributed by atoms with Gasteiger partial charge in [-0.25, -0.2) is 0 Å². The smallest absolute Gasteiger partial charge is 0.0700 e. The molecule has 0 aromatic heterocycles. The van der Waals surface area contributed by atoms with Crippen molar-refractivity contribution in [2.24, 2.45) is 16.6 Å². The number of nitrogens with one attached hydrogen (secondary N) is 1. The lowest BCUT2D eigenvalue weighted by atomic mass is 9.58. The van der Waals surface area contributed by atoms with Crippen LogP contribution in [0, 0.1) is 10.8 Å². The number of nitrogens with two attached hydrogens (primary N) is 1. The van der Waals surface area contributed by atoms with Crippen LogP contribution in [0.2, 0.25) is 0 Å². The van der Waals surface area contributed by atoms with Crippen LogP contribution in [-0.4, -0.2) is 31.3 Å². The van der Waals surface area contributed by atoms with E-state index in [9.17, 15) is 0 Å². The normalized spacial score (nSPS) is 32.4. The summed E-state index contributed by atoms with van der Waals surface area (Å²) in [5, 5.41) is 3.79.